The fraction of sp³-hybridized carbons (Fsp3) is 0.212. The Kier molecular flexibility index (Phi) is 7.53. The van der Waals surface area contributed by atoms with Gasteiger partial charge in [-0.1, -0.05) is 54.1 Å². The molecule has 0 unspecified atom stereocenters. The Hall–Kier alpha value is -4.40. The molecule has 0 spiro atoms. The molecule has 5 nitrogen and oxygen atoms in total. The lowest BCUT2D eigenvalue weighted by Crippen LogP contribution is -2.45. The number of anilines is 2. The first-order valence-electron chi connectivity index (χ1n) is 13.0. The topological polar surface area (TPSA) is 59.4 Å². The molecule has 0 bridgehead atoms. The van der Waals surface area contributed by atoms with Crippen molar-refractivity contribution in [3.05, 3.63) is 119 Å². The molecule has 0 atom stereocenters. The monoisotopic (exact) mass is 500 g/mol. The molecule has 1 N–H and O–H groups in total. The Balaban J connectivity index is 1.21. The number of aryl methyl sites for hydroxylation is 2. The highest BCUT2D eigenvalue weighted by Crippen LogP contribution is 2.28. The van der Waals surface area contributed by atoms with Crippen LogP contribution >= 0.6 is 0 Å². The van der Waals surface area contributed by atoms with Crippen LogP contribution in [0.2, 0.25) is 0 Å². The summed E-state index contributed by atoms with van der Waals surface area (Å²) >= 11 is 0. The van der Waals surface area contributed by atoms with Crippen molar-refractivity contribution in [3.8, 4) is 17.2 Å². The van der Waals surface area contributed by atoms with Crippen molar-refractivity contribution in [3.63, 3.8) is 0 Å². The minimum Gasteiger partial charge on any atom is -0.369 e. The van der Waals surface area contributed by atoms with Gasteiger partial charge in [0.25, 0.3) is 5.91 Å². The number of benzene rings is 4. The Morgan fingerprint density at radius 1 is 0.842 bits per heavy atom. The summed E-state index contributed by atoms with van der Waals surface area (Å²) in [7, 11) is 0. The molecular formula is C33H32N4O. The van der Waals surface area contributed by atoms with E-state index in [2.05, 4.69) is 71.4 Å². The number of carbonyl (C=O) groups excluding carboxylic acids is 1. The third-order valence-electron chi connectivity index (χ3n) is 7.17. The van der Waals surface area contributed by atoms with Crippen molar-refractivity contribution in [2.24, 2.45) is 0 Å². The molecule has 5 rings (SSSR count). The van der Waals surface area contributed by atoms with Gasteiger partial charge in [0.2, 0.25) is 0 Å². The molecule has 0 aliphatic carbocycles. The molecule has 1 fully saturated rings. The van der Waals surface area contributed by atoms with E-state index in [1.54, 1.807) is 0 Å². The summed E-state index contributed by atoms with van der Waals surface area (Å²) in [5.41, 5.74) is 8.88. The zero-order valence-electron chi connectivity index (χ0n) is 21.9. The molecule has 190 valence electrons. The highest BCUT2D eigenvalue weighted by atomic mass is 16.1. The van der Waals surface area contributed by atoms with Gasteiger partial charge in [0.05, 0.1) is 11.6 Å². The predicted octanol–water partition coefficient (Wildman–Crippen LogP) is 6.42. The van der Waals surface area contributed by atoms with Crippen LogP contribution in [-0.4, -0.2) is 37.0 Å². The standard InChI is InChI=1S/C33H32N4O/c1-24-10-15-30(25(2)20-24)31-8-3-4-9-32(31)33(38)35-28-11-13-29(14-12-28)37-18-16-36(17-19-37)23-27-7-5-6-26(21-27)22-34/h3-15,20-21H,16-19,23H2,1-2H3,(H,35,38). The maximum atomic E-state index is 13.3. The van der Waals surface area contributed by atoms with E-state index in [4.69, 9.17) is 5.26 Å². The number of hydrogen-bond acceptors (Lipinski definition) is 4. The molecule has 1 aliphatic rings. The Labute approximate surface area is 225 Å². The number of carbonyl (C=O) groups is 1. The van der Waals surface area contributed by atoms with Crippen LogP contribution in [0.25, 0.3) is 11.1 Å². The predicted molar refractivity (Wildman–Crippen MR) is 154 cm³/mol. The minimum absolute atomic E-state index is 0.109. The summed E-state index contributed by atoms with van der Waals surface area (Å²) in [4.78, 5) is 18.1. The molecule has 1 heterocycles. The number of nitriles is 1. The van der Waals surface area contributed by atoms with E-state index in [0.29, 0.717) is 11.1 Å². The van der Waals surface area contributed by atoms with Gasteiger partial charge in [-0.15, -0.1) is 0 Å². The second kappa shape index (κ2) is 11.3. The van der Waals surface area contributed by atoms with Crippen molar-refractivity contribution in [2.45, 2.75) is 20.4 Å². The SMILES string of the molecule is Cc1ccc(-c2ccccc2C(=O)Nc2ccc(N3CCN(Cc4cccc(C#N)c4)CC3)cc2)c(C)c1. The van der Waals surface area contributed by atoms with E-state index in [1.807, 2.05) is 54.6 Å². The van der Waals surface area contributed by atoms with Crippen LogP contribution in [0.3, 0.4) is 0 Å². The third-order valence-corrected chi connectivity index (χ3v) is 7.17. The third kappa shape index (κ3) is 5.77. The second-order valence-electron chi connectivity index (χ2n) is 9.94. The first-order valence-corrected chi connectivity index (χ1v) is 13.0. The average Bonchev–Trinajstić information content (AvgIpc) is 2.94. The maximum absolute atomic E-state index is 13.3. The number of amides is 1. The van der Waals surface area contributed by atoms with Gasteiger partial charge in [-0.25, -0.2) is 0 Å². The Bertz CT molecular complexity index is 1480. The molecule has 0 saturated carbocycles. The molecule has 4 aromatic carbocycles. The van der Waals surface area contributed by atoms with Gasteiger partial charge in [-0.3, -0.25) is 9.69 Å². The lowest BCUT2D eigenvalue weighted by atomic mass is 9.94. The number of piperazine rings is 1. The molecule has 1 saturated heterocycles. The van der Waals surface area contributed by atoms with Crippen molar-refractivity contribution >= 4 is 17.3 Å². The summed E-state index contributed by atoms with van der Waals surface area (Å²) in [6.45, 7) is 8.82. The van der Waals surface area contributed by atoms with Gasteiger partial charge in [-0.2, -0.15) is 5.26 Å². The molecule has 4 aromatic rings. The molecule has 0 radical (unpaired) electrons. The van der Waals surface area contributed by atoms with E-state index >= 15 is 0 Å². The number of hydrogen-bond donors (Lipinski definition) is 1. The molecule has 1 aliphatic heterocycles. The minimum atomic E-state index is -0.109. The summed E-state index contributed by atoms with van der Waals surface area (Å²) in [6, 6.07) is 32.3. The summed E-state index contributed by atoms with van der Waals surface area (Å²) in [5, 5.41) is 12.2. The van der Waals surface area contributed by atoms with Crippen LogP contribution in [0, 0.1) is 25.2 Å². The van der Waals surface area contributed by atoms with Crippen molar-refractivity contribution in [1.29, 1.82) is 5.26 Å². The van der Waals surface area contributed by atoms with Crippen molar-refractivity contribution in [2.75, 3.05) is 36.4 Å². The molecule has 5 heteroatoms. The number of nitrogens with one attached hydrogen (secondary N) is 1. The lowest BCUT2D eigenvalue weighted by Gasteiger charge is -2.36. The van der Waals surface area contributed by atoms with Crippen molar-refractivity contribution in [1.82, 2.24) is 4.90 Å². The average molecular weight is 501 g/mol. The largest absolute Gasteiger partial charge is 0.369 e. The van der Waals surface area contributed by atoms with Crippen molar-refractivity contribution < 1.29 is 4.79 Å². The lowest BCUT2D eigenvalue weighted by molar-refractivity contribution is 0.102. The number of rotatable bonds is 6. The van der Waals surface area contributed by atoms with E-state index in [-0.39, 0.29) is 5.91 Å². The zero-order valence-corrected chi connectivity index (χ0v) is 21.9. The van der Waals surface area contributed by atoms with Gasteiger partial charge < -0.3 is 10.2 Å². The molecule has 1 amide bonds. The molecular weight excluding hydrogens is 468 g/mol. The fourth-order valence-electron chi connectivity index (χ4n) is 5.15. The van der Waals surface area contributed by atoms with Crippen LogP contribution in [0.1, 0.15) is 32.6 Å². The fourth-order valence-corrected chi connectivity index (χ4v) is 5.15. The first kappa shape index (κ1) is 25.3. The second-order valence-corrected chi connectivity index (χ2v) is 9.94. The van der Waals surface area contributed by atoms with Crippen LogP contribution in [0.15, 0.2) is 91.0 Å². The van der Waals surface area contributed by atoms with E-state index < -0.39 is 0 Å². The summed E-state index contributed by atoms with van der Waals surface area (Å²) < 4.78 is 0. The summed E-state index contributed by atoms with van der Waals surface area (Å²) in [5.74, 6) is -0.109. The van der Waals surface area contributed by atoms with Gasteiger partial charge >= 0.3 is 0 Å². The molecule has 0 aromatic heterocycles. The van der Waals surface area contributed by atoms with E-state index in [0.717, 1.165) is 60.8 Å². The van der Waals surface area contributed by atoms with Crippen LogP contribution in [0.5, 0.6) is 0 Å². The van der Waals surface area contributed by atoms with Gasteiger partial charge in [0, 0.05) is 49.7 Å². The Morgan fingerprint density at radius 3 is 2.34 bits per heavy atom. The normalized spacial score (nSPS) is 13.7. The summed E-state index contributed by atoms with van der Waals surface area (Å²) in [6.07, 6.45) is 0. The smallest absolute Gasteiger partial charge is 0.256 e. The van der Waals surface area contributed by atoms with E-state index in [9.17, 15) is 4.79 Å². The maximum Gasteiger partial charge on any atom is 0.256 e. The van der Waals surface area contributed by atoms with Gasteiger partial charge in [0.15, 0.2) is 0 Å². The Morgan fingerprint density at radius 2 is 1.61 bits per heavy atom. The zero-order chi connectivity index (χ0) is 26.5. The van der Waals surface area contributed by atoms with Gasteiger partial charge in [0.1, 0.15) is 0 Å². The first-order chi connectivity index (χ1) is 18.5. The van der Waals surface area contributed by atoms with Crippen LogP contribution in [-0.2, 0) is 6.54 Å². The quantitative estimate of drug-likeness (QED) is 0.332. The van der Waals surface area contributed by atoms with E-state index in [1.165, 1.54) is 11.1 Å². The molecule has 38 heavy (non-hydrogen) atoms. The van der Waals surface area contributed by atoms with Gasteiger partial charge in [-0.05, 0) is 78.6 Å². The number of nitrogens with zero attached hydrogens (tertiary/aromatic N) is 3. The van der Waals surface area contributed by atoms with Crippen LogP contribution in [0.4, 0.5) is 11.4 Å². The highest BCUT2D eigenvalue weighted by Gasteiger charge is 2.18. The highest BCUT2D eigenvalue weighted by molar-refractivity contribution is 6.09. The van der Waals surface area contributed by atoms with Crippen LogP contribution < -0.4 is 10.2 Å².